The van der Waals surface area contributed by atoms with Gasteiger partial charge >= 0.3 is 0 Å². The number of aryl methyl sites for hydroxylation is 1. The van der Waals surface area contributed by atoms with Gasteiger partial charge in [-0.25, -0.2) is 8.42 Å². The molecule has 0 heterocycles. The molecule has 41 heavy (non-hydrogen) atoms. The first-order valence-electron chi connectivity index (χ1n) is 13.9. The quantitative estimate of drug-likeness (QED) is 0.262. The highest BCUT2D eigenvalue weighted by molar-refractivity contribution is 7.92. The number of nitrogens with one attached hydrogen (secondary N) is 1. The van der Waals surface area contributed by atoms with Gasteiger partial charge in [0.15, 0.2) is 0 Å². The number of anilines is 1. The fourth-order valence-corrected chi connectivity index (χ4v) is 5.85. The van der Waals surface area contributed by atoms with Gasteiger partial charge in [-0.3, -0.25) is 13.9 Å². The number of halogens is 1. The molecule has 0 aliphatic heterocycles. The highest BCUT2D eigenvalue weighted by Crippen LogP contribution is 2.22. The van der Waals surface area contributed by atoms with Gasteiger partial charge in [-0.15, -0.1) is 0 Å². The minimum absolute atomic E-state index is 0.0693. The summed E-state index contributed by atoms with van der Waals surface area (Å²) >= 11 is 6.24. The van der Waals surface area contributed by atoms with Gasteiger partial charge in [0, 0.05) is 37.0 Å². The number of sulfonamides is 1. The normalized spacial score (nSPS) is 12.1. The Kier molecular flexibility index (Phi) is 11.8. The Morgan fingerprint density at radius 1 is 0.902 bits per heavy atom. The maximum absolute atomic E-state index is 13.9. The molecule has 0 spiro atoms. The maximum Gasteiger partial charge on any atom is 0.243 e. The SMILES string of the molecule is CCc1ccc(N(CCCC(=O)N(Cc2cccc(Cl)c2)C(Cc2ccccc2)C(=O)NC(C)C)S(C)(=O)=O)cc1. The standard InChI is InChI=1S/C32H40ClN3O4S/c1-5-25-16-18-29(19-17-25)36(41(4,39)40)20-10-15-31(37)35(23-27-13-9-14-28(33)21-27)30(32(38)34-24(2)3)22-26-11-7-6-8-12-26/h6-9,11-14,16-19,21,24,30H,5,10,15,20,22-23H2,1-4H3,(H,34,38). The molecule has 3 rings (SSSR count). The lowest BCUT2D eigenvalue weighted by Gasteiger charge is -2.32. The molecule has 0 saturated heterocycles. The van der Waals surface area contributed by atoms with E-state index in [1.165, 1.54) is 10.6 Å². The molecule has 7 nitrogen and oxygen atoms in total. The fourth-order valence-electron chi connectivity index (χ4n) is 4.67. The summed E-state index contributed by atoms with van der Waals surface area (Å²) in [6.45, 7) is 6.14. The zero-order valence-corrected chi connectivity index (χ0v) is 25.8. The monoisotopic (exact) mass is 597 g/mol. The largest absolute Gasteiger partial charge is 0.352 e. The van der Waals surface area contributed by atoms with Crippen LogP contribution in [0.2, 0.25) is 5.02 Å². The number of amides is 2. The van der Waals surface area contributed by atoms with Crippen molar-refractivity contribution in [1.82, 2.24) is 10.2 Å². The number of carbonyl (C=O) groups is 2. The first-order chi connectivity index (χ1) is 19.5. The third-order valence-electron chi connectivity index (χ3n) is 6.73. The molecule has 0 saturated carbocycles. The Bertz CT molecular complexity index is 1400. The third kappa shape index (κ3) is 9.90. The van der Waals surface area contributed by atoms with Crippen molar-refractivity contribution >= 4 is 39.1 Å². The predicted octanol–water partition coefficient (Wildman–Crippen LogP) is 5.61. The molecule has 0 fully saturated rings. The van der Waals surface area contributed by atoms with Crippen LogP contribution in [0.15, 0.2) is 78.9 Å². The smallest absolute Gasteiger partial charge is 0.243 e. The first-order valence-corrected chi connectivity index (χ1v) is 16.2. The van der Waals surface area contributed by atoms with Gasteiger partial charge in [0.25, 0.3) is 0 Å². The molecule has 0 bridgehead atoms. The van der Waals surface area contributed by atoms with Crippen LogP contribution >= 0.6 is 11.6 Å². The van der Waals surface area contributed by atoms with Crippen LogP contribution in [0.4, 0.5) is 5.69 Å². The van der Waals surface area contributed by atoms with E-state index in [0.717, 1.165) is 23.1 Å². The molecular weight excluding hydrogens is 558 g/mol. The molecule has 1 atom stereocenters. The molecule has 1 N–H and O–H groups in total. The van der Waals surface area contributed by atoms with Crippen molar-refractivity contribution in [2.45, 2.75) is 65.1 Å². The maximum atomic E-state index is 13.9. The van der Waals surface area contributed by atoms with E-state index in [4.69, 9.17) is 11.6 Å². The summed E-state index contributed by atoms with van der Waals surface area (Å²) in [5, 5.41) is 3.51. The average Bonchev–Trinajstić information content (AvgIpc) is 2.92. The molecular formula is C32H40ClN3O4S. The second-order valence-electron chi connectivity index (χ2n) is 10.5. The van der Waals surface area contributed by atoms with E-state index in [1.54, 1.807) is 29.2 Å². The van der Waals surface area contributed by atoms with Gasteiger partial charge in [0.05, 0.1) is 11.9 Å². The molecule has 2 amide bonds. The van der Waals surface area contributed by atoms with E-state index in [9.17, 15) is 18.0 Å². The van der Waals surface area contributed by atoms with Crippen LogP contribution in [-0.4, -0.2) is 50.0 Å². The molecule has 1 unspecified atom stereocenters. The summed E-state index contributed by atoms with van der Waals surface area (Å²) in [5.41, 5.74) is 3.40. The van der Waals surface area contributed by atoms with E-state index in [2.05, 4.69) is 5.32 Å². The number of hydrogen-bond acceptors (Lipinski definition) is 4. The molecule has 9 heteroatoms. The van der Waals surface area contributed by atoms with Crippen LogP contribution in [0.5, 0.6) is 0 Å². The van der Waals surface area contributed by atoms with E-state index >= 15 is 0 Å². The predicted molar refractivity (Wildman–Crippen MR) is 166 cm³/mol. The van der Waals surface area contributed by atoms with Crippen molar-refractivity contribution in [3.8, 4) is 0 Å². The zero-order chi connectivity index (χ0) is 30.0. The lowest BCUT2D eigenvalue weighted by molar-refractivity contribution is -0.141. The Morgan fingerprint density at radius 3 is 2.15 bits per heavy atom. The van der Waals surface area contributed by atoms with Crippen LogP contribution in [0.1, 0.15) is 50.3 Å². The van der Waals surface area contributed by atoms with Gasteiger partial charge in [-0.1, -0.05) is 73.1 Å². The molecule has 0 aliphatic rings. The van der Waals surface area contributed by atoms with E-state index in [-0.39, 0.29) is 43.8 Å². The Labute approximate surface area is 249 Å². The topological polar surface area (TPSA) is 86.8 Å². The second-order valence-corrected chi connectivity index (χ2v) is 12.8. The van der Waals surface area contributed by atoms with Gasteiger partial charge in [-0.05, 0) is 67.6 Å². The molecule has 3 aromatic rings. The zero-order valence-electron chi connectivity index (χ0n) is 24.2. The Morgan fingerprint density at radius 2 is 1.56 bits per heavy atom. The highest BCUT2D eigenvalue weighted by Gasteiger charge is 2.31. The lowest BCUT2D eigenvalue weighted by Crippen LogP contribution is -2.51. The van der Waals surface area contributed by atoms with E-state index in [1.807, 2.05) is 75.4 Å². The minimum Gasteiger partial charge on any atom is -0.352 e. The summed E-state index contributed by atoms with van der Waals surface area (Å²) in [6.07, 6.45) is 2.72. The van der Waals surface area contributed by atoms with Crippen molar-refractivity contribution in [2.24, 2.45) is 0 Å². The third-order valence-corrected chi connectivity index (χ3v) is 8.16. The van der Waals surface area contributed by atoms with Gasteiger partial charge < -0.3 is 10.2 Å². The second kappa shape index (κ2) is 15.0. The van der Waals surface area contributed by atoms with Crippen LogP contribution in [0.25, 0.3) is 0 Å². The molecule has 3 aromatic carbocycles. The van der Waals surface area contributed by atoms with Gasteiger partial charge in [0.2, 0.25) is 21.8 Å². The van der Waals surface area contributed by atoms with Crippen LogP contribution in [0, 0.1) is 0 Å². The van der Waals surface area contributed by atoms with Crippen molar-refractivity contribution in [2.75, 3.05) is 17.1 Å². The van der Waals surface area contributed by atoms with Crippen molar-refractivity contribution in [3.05, 3.63) is 101 Å². The van der Waals surface area contributed by atoms with Crippen molar-refractivity contribution in [1.29, 1.82) is 0 Å². The highest BCUT2D eigenvalue weighted by atomic mass is 35.5. The Balaban J connectivity index is 1.87. The number of rotatable bonds is 14. The first kappa shape index (κ1) is 32.2. The van der Waals surface area contributed by atoms with Crippen molar-refractivity contribution in [3.63, 3.8) is 0 Å². The van der Waals surface area contributed by atoms with Gasteiger partial charge in [-0.2, -0.15) is 0 Å². The number of nitrogens with zero attached hydrogens (tertiary/aromatic N) is 2. The van der Waals surface area contributed by atoms with Crippen LogP contribution < -0.4 is 9.62 Å². The number of benzene rings is 3. The molecule has 0 aromatic heterocycles. The van der Waals surface area contributed by atoms with Crippen LogP contribution in [0.3, 0.4) is 0 Å². The fraction of sp³-hybridized carbons (Fsp3) is 0.375. The van der Waals surface area contributed by atoms with E-state index < -0.39 is 16.1 Å². The number of carbonyl (C=O) groups excluding carboxylic acids is 2. The average molecular weight is 598 g/mol. The summed E-state index contributed by atoms with van der Waals surface area (Å²) in [5.74, 6) is -0.479. The summed E-state index contributed by atoms with van der Waals surface area (Å²) < 4.78 is 26.6. The van der Waals surface area contributed by atoms with Crippen molar-refractivity contribution < 1.29 is 18.0 Å². The number of hydrogen-bond donors (Lipinski definition) is 1. The lowest BCUT2D eigenvalue weighted by atomic mass is 10.0. The Hall–Kier alpha value is -3.36. The minimum atomic E-state index is -3.56. The summed E-state index contributed by atoms with van der Waals surface area (Å²) in [6, 6.07) is 23.4. The van der Waals surface area contributed by atoms with Crippen LogP contribution in [-0.2, 0) is 39.0 Å². The summed E-state index contributed by atoms with van der Waals surface area (Å²) in [4.78, 5) is 28.9. The molecule has 0 radical (unpaired) electrons. The van der Waals surface area contributed by atoms with E-state index in [0.29, 0.717) is 17.1 Å². The summed E-state index contributed by atoms with van der Waals surface area (Å²) in [7, 11) is -3.56. The molecule has 220 valence electrons. The molecule has 0 aliphatic carbocycles. The van der Waals surface area contributed by atoms with Gasteiger partial charge in [0.1, 0.15) is 6.04 Å².